The maximum atomic E-state index is 7.46. The van der Waals surface area contributed by atoms with Crippen LogP contribution in [0, 0.1) is 6.57 Å². The van der Waals surface area contributed by atoms with E-state index in [4.69, 9.17) is 16.5 Å². The predicted octanol–water partition coefficient (Wildman–Crippen LogP) is 12.2. The molecule has 0 saturated heterocycles. The fraction of sp³-hybridized carbons (Fsp3) is 0. The lowest BCUT2D eigenvalue weighted by Gasteiger charge is -2.16. The van der Waals surface area contributed by atoms with Crippen LogP contribution in [-0.2, 0) is 0 Å². The van der Waals surface area contributed by atoms with E-state index in [1.54, 1.807) is 0 Å². The van der Waals surface area contributed by atoms with Crippen molar-refractivity contribution in [2.45, 2.75) is 0 Å². The summed E-state index contributed by atoms with van der Waals surface area (Å²) in [4.78, 5) is 13.8. The average Bonchev–Trinajstić information content (AvgIpc) is 3.74. The number of fused-ring (bicyclic) bond motifs is 7. The van der Waals surface area contributed by atoms with Crippen LogP contribution in [0.4, 0.5) is 5.69 Å². The first-order chi connectivity index (χ1) is 25.8. The summed E-state index contributed by atoms with van der Waals surface area (Å²) in [6.45, 7) is 7.46. The summed E-state index contributed by atoms with van der Waals surface area (Å²) in [5.41, 5.74) is 12.9. The van der Waals surface area contributed by atoms with Crippen molar-refractivity contribution in [3.05, 3.63) is 187 Å². The maximum Gasteiger partial charge on any atom is 0.187 e. The van der Waals surface area contributed by atoms with Crippen LogP contribution in [0.2, 0.25) is 0 Å². The zero-order valence-corrected chi connectivity index (χ0v) is 28.0. The van der Waals surface area contributed by atoms with Crippen LogP contribution in [0.25, 0.3) is 93.6 Å². The lowest BCUT2D eigenvalue weighted by molar-refractivity contribution is 1.14. The average molecular weight is 664 g/mol. The second-order valence-corrected chi connectivity index (χ2v) is 12.9. The number of pyridine rings is 2. The predicted molar refractivity (Wildman–Crippen MR) is 213 cm³/mol. The van der Waals surface area contributed by atoms with Gasteiger partial charge in [-0.1, -0.05) is 115 Å². The lowest BCUT2D eigenvalue weighted by Crippen LogP contribution is -2.00. The highest BCUT2D eigenvalue weighted by Gasteiger charge is 2.23. The van der Waals surface area contributed by atoms with Crippen molar-refractivity contribution < 1.29 is 0 Å². The molecule has 0 fully saturated rings. The normalized spacial score (nSPS) is 11.4. The van der Waals surface area contributed by atoms with E-state index in [-0.39, 0.29) is 0 Å². The monoisotopic (exact) mass is 663 g/mol. The van der Waals surface area contributed by atoms with Crippen molar-refractivity contribution >= 4 is 49.4 Å². The Morgan fingerprint density at radius 2 is 1.17 bits per heavy atom. The molecule has 0 amide bonds. The van der Waals surface area contributed by atoms with Gasteiger partial charge in [0.2, 0.25) is 0 Å². The molecule has 5 heteroatoms. The van der Waals surface area contributed by atoms with Crippen molar-refractivity contribution in [3.8, 4) is 45.0 Å². The topological polar surface area (TPSA) is 40.0 Å². The fourth-order valence-corrected chi connectivity index (χ4v) is 7.68. The highest BCUT2D eigenvalue weighted by molar-refractivity contribution is 6.26. The summed E-state index contributed by atoms with van der Waals surface area (Å²) in [6.07, 6.45) is 1.88. The number of nitrogens with zero attached hydrogens (tertiary/aromatic N) is 5. The highest BCUT2D eigenvalue weighted by atomic mass is 15.1. The number of rotatable bonds is 5. The Bertz CT molecular complexity index is 3000. The number of para-hydroxylation sites is 3. The minimum atomic E-state index is 0.604. The molecule has 6 aromatic carbocycles. The van der Waals surface area contributed by atoms with Crippen molar-refractivity contribution in [3.63, 3.8) is 0 Å². The molecule has 52 heavy (non-hydrogen) atoms. The molecule has 0 aliphatic rings. The molecule has 0 radical (unpaired) electrons. The first-order valence-corrected chi connectivity index (χ1v) is 17.3. The van der Waals surface area contributed by atoms with Gasteiger partial charge < -0.3 is 4.57 Å². The third-order valence-corrected chi connectivity index (χ3v) is 9.98. The first-order valence-electron chi connectivity index (χ1n) is 17.3. The largest absolute Gasteiger partial charge is 0.309 e. The molecule has 0 saturated carbocycles. The highest BCUT2D eigenvalue weighted by Crippen LogP contribution is 2.43. The molecule has 10 aromatic rings. The molecule has 4 aromatic heterocycles. The van der Waals surface area contributed by atoms with Crippen LogP contribution in [0.15, 0.2) is 176 Å². The SMILES string of the molecule is [C-]#[N+]c1ccc(-c2cc(-c3ccccc3-n3c4ncccc4c4ccc5c(c6ccccc6n5-c5ccccc5)c43)cc(-c3ccccc3)n2)cc1. The summed E-state index contributed by atoms with van der Waals surface area (Å²) in [6, 6.07) is 58.9. The standard InChI is InChI=1S/C47H29N5/c1-48-34-24-22-32(23-25-34)41-30-33(29-40(50-41)31-13-4-2-5-14-31)36-17-8-10-20-42(36)52-46-37(38-19-12-28-49-47(38)52)26-27-44-45(46)39-18-9-11-21-43(39)51(44)35-15-6-3-7-16-35/h2-30H. The fourth-order valence-electron chi connectivity index (χ4n) is 7.68. The zero-order chi connectivity index (χ0) is 34.6. The smallest absolute Gasteiger partial charge is 0.187 e. The van der Waals surface area contributed by atoms with Gasteiger partial charge in [0.15, 0.2) is 5.69 Å². The van der Waals surface area contributed by atoms with Crippen molar-refractivity contribution in [2.24, 2.45) is 0 Å². The van der Waals surface area contributed by atoms with Gasteiger partial charge in [0.05, 0.1) is 40.2 Å². The molecule has 0 bridgehead atoms. The minimum absolute atomic E-state index is 0.604. The van der Waals surface area contributed by atoms with Gasteiger partial charge >= 0.3 is 0 Å². The number of hydrogen-bond donors (Lipinski definition) is 0. The molecule has 242 valence electrons. The van der Waals surface area contributed by atoms with Gasteiger partial charge in [0, 0.05) is 44.6 Å². The summed E-state index contributed by atoms with van der Waals surface area (Å²) in [7, 11) is 0. The van der Waals surface area contributed by atoms with E-state index in [1.807, 2.05) is 54.7 Å². The Labute approximate surface area is 300 Å². The van der Waals surface area contributed by atoms with Crippen molar-refractivity contribution in [1.29, 1.82) is 0 Å². The molecule has 0 aliphatic carbocycles. The third kappa shape index (κ3) is 4.63. The van der Waals surface area contributed by atoms with E-state index in [1.165, 1.54) is 10.8 Å². The van der Waals surface area contributed by atoms with E-state index in [2.05, 4.69) is 135 Å². The van der Waals surface area contributed by atoms with Crippen LogP contribution >= 0.6 is 0 Å². The molecular formula is C47H29N5. The third-order valence-electron chi connectivity index (χ3n) is 9.98. The Morgan fingerprint density at radius 1 is 0.500 bits per heavy atom. The van der Waals surface area contributed by atoms with Gasteiger partial charge in [0.1, 0.15) is 5.65 Å². The quantitative estimate of drug-likeness (QED) is 0.172. The van der Waals surface area contributed by atoms with Gasteiger partial charge in [0.25, 0.3) is 0 Å². The Kier molecular flexibility index (Phi) is 6.80. The van der Waals surface area contributed by atoms with Crippen molar-refractivity contribution in [1.82, 2.24) is 19.1 Å². The molecule has 0 atom stereocenters. The molecule has 0 spiro atoms. The van der Waals surface area contributed by atoms with Crippen LogP contribution in [-0.4, -0.2) is 19.1 Å². The first kappa shape index (κ1) is 29.6. The lowest BCUT2D eigenvalue weighted by atomic mass is 9.98. The van der Waals surface area contributed by atoms with Gasteiger partial charge in [-0.15, -0.1) is 0 Å². The van der Waals surface area contributed by atoms with E-state index in [9.17, 15) is 0 Å². The molecule has 10 rings (SSSR count). The number of hydrogen-bond acceptors (Lipinski definition) is 2. The number of benzene rings is 6. The molecule has 5 nitrogen and oxygen atoms in total. The van der Waals surface area contributed by atoms with Crippen LogP contribution in [0.5, 0.6) is 0 Å². The van der Waals surface area contributed by atoms with Crippen LogP contribution in [0.1, 0.15) is 0 Å². The number of aromatic nitrogens is 4. The maximum absolute atomic E-state index is 7.46. The van der Waals surface area contributed by atoms with Crippen LogP contribution in [0.3, 0.4) is 0 Å². The molecule has 0 aliphatic heterocycles. The minimum Gasteiger partial charge on any atom is -0.309 e. The van der Waals surface area contributed by atoms with Gasteiger partial charge in [-0.05, 0) is 65.7 Å². The Balaban J connectivity index is 1.30. The van der Waals surface area contributed by atoms with E-state index < -0.39 is 0 Å². The van der Waals surface area contributed by atoms with E-state index >= 15 is 0 Å². The van der Waals surface area contributed by atoms with Crippen molar-refractivity contribution in [2.75, 3.05) is 0 Å². The molecule has 0 unspecified atom stereocenters. The molecule has 0 N–H and O–H groups in total. The summed E-state index contributed by atoms with van der Waals surface area (Å²) < 4.78 is 4.73. The van der Waals surface area contributed by atoms with Gasteiger partial charge in [-0.3, -0.25) is 4.57 Å². The second-order valence-electron chi connectivity index (χ2n) is 12.9. The Morgan fingerprint density at radius 3 is 1.96 bits per heavy atom. The van der Waals surface area contributed by atoms with Gasteiger partial charge in [-0.2, -0.15) is 0 Å². The Hall–Kier alpha value is -7.29. The van der Waals surface area contributed by atoms with Crippen LogP contribution < -0.4 is 0 Å². The molecular weight excluding hydrogens is 635 g/mol. The van der Waals surface area contributed by atoms with Gasteiger partial charge in [-0.25, -0.2) is 14.8 Å². The second kappa shape index (κ2) is 11.9. The summed E-state index contributed by atoms with van der Waals surface area (Å²) >= 11 is 0. The summed E-state index contributed by atoms with van der Waals surface area (Å²) in [5.74, 6) is 0. The summed E-state index contributed by atoms with van der Waals surface area (Å²) in [5, 5.41) is 4.63. The molecule has 4 heterocycles. The van der Waals surface area contributed by atoms with E-state index in [0.29, 0.717) is 5.69 Å². The zero-order valence-electron chi connectivity index (χ0n) is 28.0. The van der Waals surface area contributed by atoms with E-state index in [0.717, 1.165) is 78.0 Å².